The first-order valence-electron chi connectivity index (χ1n) is 7.81. The number of rotatable bonds is 4. The predicted molar refractivity (Wildman–Crippen MR) is 86.8 cm³/mol. The first kappa shape index (κ1) is 14.8. The maximum atomic E-state index is 11.8. The molecular formula is C19H21NO2. The van der Waals surface area contributed by atoms with Crippen LogP contribution in [0.2, 0.25) is 0 Å². The number of nitrogens with zero attached hydrogens (tertiary/aromatic N) is 1. The number of hydrogen-bond acceptors (Lipinski definition) is 2. The van der Waals surface area contributed by atoms with Crippen molar-refractivity contribution in [2.24, 2.45) is 0 Å². The van der Waals surface area contributed by atoms with Crippen molar-refractivity contribution in [2.75, 3.05) is 6.54 Å². The van der Waals surface area contributed by atoms with Gasteiger partial charge in [-0.15, -0.1) is 0 Å². The molecule has 0 spiro atoms. The van der Waals surface area contributed by atoms with Crippen LogP contribution in [0, 0.1) is 0 Å². The molecule has 1 aliphatic heterocycles. The Morgan fingerprint density at radius 1 is 1.14 bits per heavy atom. The van der Waals surface area contributed by atoms with Gasteiger partial charge in [-0.05, 0) is 35.1 Å². The average Bonchev–Trinajstić information content (AvgIpc) is 2.55. The van der Waals surface area contributed by atoms with Gasteiger partial charge >= 0.3 is 5.97 Å². The SMILES string of the molecule is CCc1ccc(C(C(=O)O)N2CCc3ccccc3C2)cc1. The van der Waals surface area contributed by atoms with Crippen molar-refractivity contribution in [2.45, 2.75) is 32.4 Å². The number of aliphatic carboxylic acids is 1. The van der Waals surface area contributed by atoms with E-state index in [0.29, 0.717) is 6.54 Å². The molecule has 0 saturated heterocycles. The molecule has 0 aromatic heterocycles. The lowest BCUT2D eigenvalue weighted by molar-refractivity contribution is -0.144. The number of benzene rings is 2. The molecule has 22 heavy (non-hydrogen) atoms. The normalized spacial score (nSPS) is 16.0. The van der Waals surface area contributed by atoms with Crippen LogP contribution in [-0.4, -0.2) is 22.5 Å². The maximum Gasteiger partial charge on any atom is 0.325 e. The van der Waals surface area contributed by atoms with E-state index in [4.69, 9.17) is 0 Å². The van der Waals surface area contributed by atoms with Gasteiger partial charge in [0.15, 0.2) is 0 Å². The molecule has 0 bridgehead atoms. The van der Waals surface area contributed by atoms with Crippen molar-refractivity contribution in [3.8, 4) is 0 Å². The quantitative estimate of drug-likeness (QED) is 0.939. The van der Waals surface area contributed by atoms with Gasteiger partial charge in [0.05, 0.1) is 0 Å². The number of hydrogen-bond donors (Lipinski definition) is 1. The minimum absolute atomic E-state index is 0.570. The Morgan fingerprint density at radius 2 is 1.82 bits per heavy atom. The van der Waals surface area contributed by atoms with Crippen molar-refractivity contribution in [1.82, 2.24) is 4.90 Å². The average molecular weight is 295 g/mol. The minimum Gasteiger partial charge on any atom is -0.480 e. The summed E-state index contributed by atoms with van der Waals surface area (Å²) in [6, 6.07) is 15.7. The first-order chi connectivity index (χ1) is 10.7. The van der Waals surface area contributed by atoms with E-state index < -0.39 is 12.0 Å². The molecule has 3 rings (SSSR count). The maximum absolute atomic E-state index is 11.8. The second-order valence-corrected chi connectivity index (χ2v) is 5.83. The summed E-state index contributed by atoms with van der Waals surface area (Å²) >= 11 is 0. The van der Waals surface area contributed by atoms with E-state index in [0.717, 1.165) is 24.9 Å². The van der Waals surface area contributed by atoms with Crippen LogP contribution in [0.1, 0.15) is 35.2 Å². The molecule has 1 unspecified atom stereocenters. The van der Waals surface area contributed by atoms with Gasteiger partial charge in [-0.2, -0.15) is 0 Å². The van der Waals surface area contributed by atoms with Crippen LogP contribution in [0.15, 0.2) is 48.5 Å². The molecule has 3 nitrogen and oxygen atoms in total. The van der Waals surface area contributed by atoms with Crippen LogP contribution in [0.25, 0.3) is 0 Å². The zero-order valence-electron chi connectivity index (χ0n) is 12.8. The summed E-state index contributed by atoms with van der Waals surface area (Å²) in [5.41, 5.74) is 4.68. The smallest absolute Gasteiger partial charge is 0.325 e. The molecule has 0 radical (unpaired) electrons. The second kappa shape index (κ2) is 6.32. The van der Waals surface area contributed by atoms with E-state index in [1.165, 1.54) is 16.7 Å². The molecular weight excluding hydrogens is 274 g/mol. The summed E-state index contributed by atoms with van der Waals surface area (Å²) < 4.78 is 0. The lowest BCUT2D eigenvalue weighted by atomic mass is 9.96. The van der Waals surface area contributed by atoms with E-state index in [1.807, 2.05) is 36.4 Å². The van der Waals surface area contributed by atoms with E-state index in [1.54, 1.807) is 0 Å². The molecule has 2 aromatic rings. The Labute approximate surface area is 131 Å². The highest BCUT2D eigenvalue weighted by molar-refractivity contribution is 5.75. The first-order valence-corrected chi connectivity index (χ1v) is 7.81. The molecule has 1 heterocycles. The van der Waals surface area contributed by atoms with Crippen molar-refractivity contribution in [3.63, 3.8) is 0 Å². The molecule has 0 fully saturated rings. The summed E-state index contributed by atoms with van der Waals surface area (Å²) in [5, 5.41) is 9.71. The molecule has 1 N–H and O–H groups in total. The number of fused-ring (bicyclic) bond motifs is 1. The Morgan fingerprint density at radius 3 is 2.45 bits per heavy atom. The molecule has 0 saturated carbocycles. The van der Waals surface area contributed by atoms with Crippen LogP contribution in [0.3, 0.4) is 0 Å². The van der Waals surface area contributed by atoms with Crippen LogP contribution < -0.4 is 0 Å². The van der Waals surface area contributed by atoms with Gasteiger partial charge in [0.25, 0.3) is 0 Å². The highest BCUT2D eigenvalue weighted by atomic mass is 16.4. The van der Waals surface area contributed by atoms with Crippen LogP contribution in [0.4, 0.5) is 0 Å². The third-order valence-electron chi connectivity index (χ3n) is 4.46. The fourth-order valence-corrected chi connectivity index (χ4v) is 3.18. The van der Waals surface area contributed by atoms with Gasteiger partial charge < -0.3 is 5.11 Å². The standard InChI is InChI=1S/C19H21NO2/c1-2-14-7-9-16(10-8-14)18(19(21)22)20-12-11-15-5-3-4-6-17(15)13-20/h3-10,18H,2,11-13H2,1H3,(H,21,22). The largest absolute Gasteiger partial charge is 0.480 e. The van der Waals surface area contributed by atoms with Gasteiger partial charge in [0.2, 0.25) is 0 Å². The molecule has 1 aliphatic rings. The van der Waals surface area contributed by atoms with Crippen molar-refractivity contribution in [1.29, 1.82) is 0 Å². The van der Waals surface area contributed by atoms with Crippen LogP contribution >= 0.6 is 0 Å². The highest BCUT2D eigenvalue weighted by Crippen LogP contribution is 2.28. The Balaban J connectivity index is 1.87. The second-order valence-electron chi connectivity index (χ2n) is 5.83. The minimum atomic E-state index is -0.774. The fraction of sp³-hybridized carbons (Fsp3) is 0.316. The summed E-state index contributed by atoms with van der Waals surface area (Å²) in [4.78, 5) is 13.9. The van der Waals surface area contributed by atoms with Crippen LogP contribution in [-0.2, 0) is 24.2 Å². The van der Waals surface area contributed by atoms with E-state index >= 15 is 0 Å². The van der Waals surface area contributed by atoms with E-state index in [-0.39, 0.29) is 0 Å². The number of aryl methyl sites for hydroxylation is 1. The Bertz CT molecular complexity index is 663. The zero-order valence-corrected chi connectivity index (χ0v) is 12.8. The van der Waals surface area contributed by atoms with Crippen LogP contribution in [0.5, 0.6) is 0 Å². The van der Waals surface area contributed by atoms with Gasteiger partial charge in [-0.25, -0.2) is 0 Å². The number of carboxylic acid groups (broad SMARTS) is 1. The molecule has 0 aliphatic carbocycles. The van der Waals surface area contributed by atoms with Gasteiger partial charge in [-0.3, -0.25) is 9.69 Å². The number of carboxylic acids is 1. The highest BCUT2D eigenvalue weighted by Gasteiger charge is 2.29. The third kappa shape index (κ3) is 2.90. The lowest BCUT2D eigenvalue weighted by Crippen LogP contribution is -2.38. The van der Waals surface area contributed by atoms with Gasteiger partial charge in [0.1, 0.15) is 6.04 Å². The summed E-state index contributed by atoms with van der Waals surface area (Å²) in [6.07, 6.45) is 1.88. The summed E-state index contributed by atoms with van der Waals surface area (Å²) in [7, 11) is 0. The Kier molecular flexibility index (Phi) is 4.25. The third-order valence-corrected chi connectivity index (χ3v) is 4.46. The molecule has 3 heteroatoms. The van der Waals surface area contributed by atoms with Crippen molar-refractivity contribution < 1.29 is 9.90 Å². The van der Waals surface area contributed by atoms with Gasteiger partial charge in [-0.1, -0.05) is 55.5 Å². The summed E-state index contributed by atoms with van der Waals surface area (Å²) in [5.74, 6) is -0.774. The van der Waals surface area contributed by atoms with Gasteiger partial charge in [0, 0.05) is 13.1 Å². The lowest BCUT2D eigenvalue weighted by Gasteiger charge is -2.33. The fourth-order valence-electron chi connectivity index (χ4n) is 3.18. The molecule has 0 amide bonds. The van der Waals surface area contributed by atoms with Crippen molar-refractivity contribution >= 4 is 5.97 Å². The monoisotopic (exact) mass is 295 g/mol. The topological polar surface area (TPSA) is 40.5 Å². The summed E-state index contributed by atoms with van der Waals surface area (Å²) in [6.45, 7) is 3.58. The predicted octanol–water partition coefficient (Wildman–Crippen LogP) is 3.43. The van der Waals surface area contributed by atoms with Crippen molar-refractivity contribution in [3.05, 3.63) is 70.8 Å². The zero-order chi connectivity index (χ0) is 15.5. The number of carbonyl (C=O) groups is 1. The Hall–Kier alpha value is -2.13. The molecule has 114 valence electrons. The van der Waals surface area contributed by atoms with E-state index in [9.17, 15) is 9.90 Å². The molecule has 2 aromatic carbocycles. The molecule has 1 atom stereocenters. The van der Waals surface area contributed by atoms with E-state index in [2.05, 4.69) is 24.0 Å².